The topological polar surface area (TPSA) is 87.7 Å². The fourth-order valence-electron chi connectivity index (χ4n) is 2.21. The van der Waals surface area contributed by atoms with Crippen LogP contribution in [0, 0.1) is 11.3 Å². The van der Waals surface area contributed by atoms with Gasteiger partial charge in [-0.3, -0.25) is 0 Å². The molecule has 0 aliphatic carbocycles. The van der Waals surface area contributed by atoms with Crippen molar-refractivity contribution in [1.29, 1.82) is 0 Å². The molecular weight excluding hydrogens is 260 g/mol. The number of carbonyl (C=O) groups excluding carboxylic acids is 1. The molecule has 0 saturated carbocycles. The van der Waals surface area contributed by atoms with Crippen molar-refractivity contribution in [3.05, 3.63) is 0 Å². The van der Waals surface area contributed by atoms with Crippen LogP contribution in [-0.2, 0) is 9.53 Å². The van der Waals surface area contributed by atoms with E-state index in [9.17, 15) is 9.59 Å². The number of amides is 2. The van der Waals surface area contributed by atoms with Crippen LogP contribution in [0.3, 0.4) is 0 Å². The first kappa shape index (κ1) is 16.8. The summed E-state index contributed by atoms with van der Waals surface area (Å²) in [4.78, 5) is 23.0. The molecule has 2 atom stereocenters. The lowest BCUT2D eigenvalue weighted by molar-refractivity contribution is -0.140. The van der Waals surface area contributed by atoms with E-state index in [0.29, 0.717) is 26.2 Å². The molecule has 0 unspecified atom stereocenters. The number of ether oxygens (including phenoxy) is 1. The smallest absolute Gasteiger partial charge is 0.326 e. The molecule has 0 bridgehead atoms. The number of carboxylic acid groups (broad SMARTS) is 1. The highest BCUT2D eigenvalue weighted by Gasteiger charge is 2.29. The van der Waals surface area contributed by atoms with Gasteiger partial charge in [0.2, 0.25) is 0 Å². The molecule has 1 saturated heterocycles. The lowest BCUT2D eigenvalue weighted by Gasteiger charge is -2.33. The number of carbonyl (C=O) groups is 2. The highest BCUT2D eigenvalue weighted by molar-refractivity contribution is 5.82. The van der Waals surface area contributed by atoms with Crippen LogP contribution in [0.5, 0.6) is 0 Å². The van der Waals surface area contributed by atoms with Crippen molar-refractivity contribution < 1.29 is 19.4 Å². The standard InChI is InChI=1S/C14H26N2O4/c1-4-10(2)11(12(17)18)16-13(19)15-9-14(3)5-7-20-8-6-14/h10-11H,4-9H2,1-3H3,(H,17,18)(H2,15,16,19)/t10-,11-/m0/s1. The summed E-state index contributed by atoms with van der Waals surface area (Å²) in [5.74, 6) is -1.09. The summed E-state index contributed by atoms with van der Waals surface area (Å²) in [5, 5.41) is 14.5. The Balaban J connectivity index is 2.43. The van der Waals surface area contributed by atoms with Gasteiger partial charge in [0.25, 0.3) is 0 Å². The maximum Gasteiger partial charge on any atom is 0.326 e. The Morgan fingerprint density at radius 3 is 2.45 bits per heavy atom. The maximum absolute atomic E-state index is 11.8. The Labute approximate surface area is 120 Å². The molecule has 0 aromatic heterocycles. The number of carboxylic acids is 1. The molecule has 3 N–H and O–H groups in total. The summed E-state index contributed by atoms with van der Waals surface area (Å²) in [5.41, 5.74) is 0.0324. The Morgan fingerprint density at radius 1 is 1.35 bits per heavy atom. The first-order valence-corrected chi connectivity index (χ1v) is 7.23. The molecule has 0 aromatic rings. The third-order valence-electron chi connectivity index (χ3n) is 4.14. The fraction of sp³-hybridized carbons (Fsp3) is 0.857. The molecule has 0 radical (unpaired) electrons. The molecule has 1 aliphatic rings. The average Bonchev–Trinajstić information content (AvgIpc) is 2.42. The molecule has 1 fully saturated rings. The summed E-state index contributed by atoms with van der Waals surface area (Å²) in [7, 11) is 0. The van der Waals surface area contributed by atoms with E-state index in [1.807, 2.05) is 13.8 Å². The van der Waals surface area contributed by atoms with Gasteiger partial charge in [0.05, 0.1) is 0 Å². The molecule has 6 nitrogen and oxygen atoms in total. The Bertz CT molecular complexity index is 340. The number of nitrogens with one attached hydrogen (secondary N) is 2. The van der Waals surface area contributed by atoms with Crippen molar-refractivity contribution in [2.45, 2.75) is 46.1 Å². The van der Waals surface area contributed by atoms with Gasteiger partial charge >= 0.3 is 12.0 Å². The zero-order chi connectivity index (χ0) is 15.2. The predicted octanol–water partition coefficient (Wildman–Crippen LogP) is 1.60. The number of hydrogen-bond acceptors (Lipinski definition) is 3. The molecule has 1 rings (SSSR count). The molecule has 0 aromatic carbocycles. The summed E-state index contributed by atoms with van der Waals surface area (Å²) in [6, 6.07) is -1.26. The second kappa shape index (κ2) is 7.47. The highest BCUT2D eigenvalue weighted by Crippen LogP contribution is 2.28. The monoisotopic (exact) mass is 286 g/mol. The molecule has 1 aliphatic heterocycles. The van der Waals surface area contributed by atoms with Gasteiger partial charge in [-0.1, -0.05) is 27.2 Å². The van der Waals surface area contributed by atoms with Gasteiger partial charge in [0.1, 0.15) is 6.04 Å². The Kier molecular flexibility index (Phi) is 6.26. The first-order chi connectivity index (χ1) is 9.38. The van der Waals surface area contributed by atoms with E-state index in [0.717, 1.165) is 12.8 Å². The van der Waals surface area contributed by atoms with E-state index in [4.69, 9.17) is 9.84 Å². The molecule has 6 heteroatoms. The predicted molar refractivity (Wildman–Crippen MR) is 75.6 cm³/mol. The first-order valence-electron chi connectivity index (χ1n) is 7.23. The summed E-state index contributed by atoms with van der Waals surface area (Å²) < 4.78 is 5.31. The van der Waals surface area contributed by atoms with E-state index in [1.165, 1.54) is 0 Å². The van der Waals surface area contributed by atoms with E-state index < -0.39 is 18.0 Å². The van der Waals surface area contributed by atoms with Gasteiger partial charge in [-0.05, 0) is 24.2 Å². The average molecular weight is 286 g/mol. The minimum atomic E-state index is -0.994. The molecular formula is C14H26N2O4. The van der Waals surface area contributed by atoms with Gasteiger partial charge in [0.15, 0.2) is 0 Å². The zero-order valence-electron chi connectivity index (χ0n) is 12.6. The molecule has 2 amide bonds. The van der Waals surface area contributed by atoms with Gasteiger partial charge in [-0.25, -0.2) is 9.59 Å². The van der Waals surface area contributed by atoms with Crippen LogP contribution in [0.1, 0.15) is 40.0 Å². The Hall–Kier alpha value is -1.30. The molecule has 20 heavy (non-hydrogen) atoms. The van der Waals surface area contributed by atoms with Crippen LogP contribution in [0.15, 0.2) is 0 Å². The van der Waals surface area contributed by atoms with Crippen molar-refractivity contribution in [2.75, 3.05) is 19.8 Å². The van der Waals surface area contributed by atoms with Gasteiger partial charge in [-0.2, -0.15) is 0 Å². The third kappa shape index (κ3) is 5.00. The third-order valence-corrected chi connectivity index (χ3v) is 4.14. The summed E-state index contributed by atoms with van der Waals surface area (Å²) >= 11 is 0. The maximum atomic E-state index is 11.8. The fourth-order valence-corrected chi connectivity index (χ4v) is 2.21. The van der Waals surface area contributed by atoms with Gasteiger partial charge in [-0.15, -0.1) is 0 Å². The van der Waals surface area contributed by atoms with Crippen LogP contribution in [0.2, 0.25) is 0 Å². The van der Waals surface area contributed by atoms with E-state index in [-0.39, 0.29) is 11.3 Å². The number of hydrogen-bond donors (Lipinski definition) is 3. The van der Waals surface area contributed by atoms with E-state index in [2.05, 4.69) is 17.6 Å². The quantitative estimate of drug-likeness (QED) is 0.692. The van der Waals surface area contributed by atoms with Crippen molar-refractivity contribution in [1.82, 2.24) is 10.6 Å². The number of urea groups is 1. The SMILES string of the molecule is CC[C@H](C)[C@H](NC(=O)NCC1(C)CCOCC1)C(=O)O. The van der Waals surface area contributed by atoms with Crippen LogP contribution in [0.25, 0.3) is 0 Å². The van der Waals surface area contributed by atoms with Crippen LogP contribution >= 0.6 is 0 Å². The van der Waals surface area contributed by atoms with E-state index in [1.54, 1.807) is 0 Å². The van der Waals surface area contributed by atoms with Gasteiger partial charge in [0, 0.05) is 19.8 Å². The minimum Gasteiger partial charge on any atom is -0.480 e. The van der Waals surface area contributed by atoms with Crippen LogP contribution in [-0.4, -0.2) is 42.9 Å². The number of rotatable bonds is 6. The number of aliphatic carboxylic acids is 1. The lowest BCUT2D eigenvalue weighted by atomic mass is 9.82. The van der Waals surface area contributed by atoms with Gasteiger partial charge < -0.3 is 20.5 Å². The Morgan fingerprint density at radius 2 is 1.95 bits per heavy atom. The van der Waals surface area contributed by atoms with Crippen molar-refractivity contribution in [3.63, 3.8) is 0 Å². The molecule has 0 spiro atoms. The van der Waals surface area contributed by atoms with Crippen molar-refractivity contribution in [3.8, 4) is 0 Å². The normalized spacial score (nSPS) is 20.8. The van der Waals surface area contributed by atoms with E-state index >= 15 is 0 Å². The van der Waals surface area contributed by atoms with Crippen molar-refractivity contribution in [2.24, 2.45) is 11.3 Å². The molecule has 116 valence electrons. The summed E-state index contributed by atoms with van der Waals surface area (Å²) in [6.45, 7) is 7.80. The molecule has 1 heterocycles. The summed E-state index contributed by atoms with van der Waals surface area (Å²) in [6.07, 6.45) is 2.51. The second-order valence-electron chi connectivity index (χ2n) is 5.95. The highest BCUT2D eigenvalue weighted by atomic mass is 16.5. The second-order valence-corrected chi connectivity index (χ2v) is 5.95. The minimum absolute atomic E-state index is 0.0324. The van der Waals surface area contributed by atoms with Crippen molar-refractivity contribution >= 4 is 12.0 Å². The lowest BCUT2D eigenvalue weighted by Crippen LogP contribution is -2.51. The largest absolute Gasteiger partial charge is 0.480 e. The van der Waals surface area contributed by atoms with Crippen LogP contribution in [0.4, 0.5) is 4.79 Å². The van der Waals surface area contributed by atoms with Crippen LogP contribution < -0.4 is 10.6 Å². The zero-order valence-corrected chi connectivity index (χ0v) is 12.6.